The van der Waals surface area contributed by atoms with Crippen LogP contribution in [-0.2, 0) is 4.74 Å². The first-order chi connectivity index (χ1) is 10.2. The van der Waals surface area contributed by atoms with E-state index < -0.39 is 0 Å². The van der Waals surface area contributed by atoms with E-state index in [1.54, 1.807) is 18.2 Å². The minimum atomic E-state index is -0.142. The van der Waals surface area contributed by atoms with E-state index in [4.69, 9.17) is 14.2 Å². The van der Waals surface area contributed by atoms with Gasteiger partial charge in [0, 0.05) is 19.2 Å². The molecular weight excluding hydrogens is 270 g/mol. The Morgan fingerprint density at radius 1 is 1.33 bits per heavy atom. The summed E-state index contributed by atoms with van der Waals surface area (Å²) in [5.41, 5.74) is 0.526. The minimum Gasteiger partial charge on any atom is -0.494 e. The molecule has 1 aromatic carbocycles. The molecule has 1 aromatic rings. The lowest BCUT2D eigenvalue weighted by Crippen LogP contribution is -2.32. The summed E-state index contributed by atoms with van der Waals surface area (Å²) in [7, 11) is 0. The lowest BCUT2D eigenvalue weighted by molar-refractivity contribution is 0.0854. The Hall–Kier alpha value is -1.75. The number of hydrogen-bond acceptors (Lipinski definition) is 4. The van der Waals surface area contributed by atoms with Gasteiger partial charge in [0.05, 0.1) is 24.9 Å². The summed E-state index contributed by atoms with van der Waals surface area (Å²) < 4.78 is 16.5. The van der Waals surface area contributed by atoms with Crippen molar-refractivity contribution in [1.29, 1.82) is 0 Å². The second-order valence-corrected chi connectivity index (χ2v) is 4.87. The highest BCUT2D eigenvalue weighted by Gasteiger charge is 2.18. The fraction of sp³-hybridized carbons (Fsp3) is 0.562. The highest BCUT2D eigenvalue weighted by Crippen LogP contribution is 2.25. The number of carbonyl (C=O) groups excluding carboxylic acids is 1. The van der Waals surface area contributed by atoms with E-state index in [2.05, 4.69) is 5.32 Å². The third-order valence-corrected chi connectivity index (χ3v) is 3.32. The van der Waals surface area contributed by atoms with Gasteiger partial charge >= 0.3 is 0 Å². The fourth-order valence-electron chi connectivity index (χ4n) is 2.33. The Labute approximate surface area is 125 Å². The van der Waals surface area contributed by atoms with Gasteiger partial charge in [-0.2, -0.15) is 0 Å². The van der Waals surface area contributed by atoms with Crippen molar-refractivity contribution in [2.45, 2.75) is 32.8 Å². The van der Waals surface area contributed by atoms with Crippen molar-refractivity contribution in [2.75, 3.05) is 26.4 Å². The topological polar surface area (TPSA) is 56.8 Å². The number of ether oxygens (including phenoxy) is 3. The first-order valence-corrected chi connectivity index (χ1v) is 7.54. The fourth-order valence-corrected chi connectivity index (χ4v) is 2.33. The Morgan fingerprint density at radius 2 is 2.14 bits per heavy atom. The van der Waals surface area contributed by atoms with Gasteiger partial charge in [0.25, 0.3) is 5.91 Å². The number of amides is 1. The van der Waals surface area contributed by atoms with E-state index in [1.165, 1.54) is 0 Å². The lowest BCUT2D eigenvalue weighted by atomic mass is 10.1. The van der Waals surface area contributed by atoms with Gasteiger partial charge in [0.1, 0.15) is 11.5 Å². The van der Waals surface area contributed by atoms with E-state index in [9.17, 15) is 4.79 Å². The van der Waals surface area contributed by atoms with E-state index in [0.717, 1.165) is 19.4 Å². The number of hydrogen-bond donors (Lipinski definition) is 1. The summed E-state index contributed by atoms with van der Waals surface area (Å²) in [6.07, 6.45) is 2.20. The van der Waals surface area contributed by atoms with Crippen LogP contribution < -0.4 is 14.8 Å². The van der Waals surface area contributed by atoms with Gasteiger partial charge in [-0.1, -0.05) is 0 Å². The smallest absolute Gasteiger partial charge is 0.255 e. The second-order valence-electron chi connectivity index (χ2n) is 4.87. The normalized spacial score (nSPS) is 17.5. The first kappa shape index (κ1) is 15.6. The zero-order valence-electron chi connectivity index (χ0n) is 12.7. The third kappa shape index (κ3) is 4.36. The van der Waals surface area contributed by atoms with Crippen LogP contribution in [0, 0.1) is 0 Å². The highest BCUT2D eigenvalue weighted by atomic mass is 16.5. The van der Waals surface area contributed by atoms with E-state index in [0.29, 0.717) is 36.8 Å². The number of benzene rings is 1. The molecule has 0 bridgehead atoms. The summed E-state index contributed by atoms with van der Waals surface area (Å²) in [6, 6.07) is 5.28. The molecule has 0 saturated carbocycles. The summed E-state index contributed by atoms with van der Waals surface area (Å²) in [5, 5.41) is 2.91. The van der Waals surface area contributed by atoms with E-state index >= 15 is 0 Å². The zero-order chi connectivity index (χ0) is 15.1. The van der Waals surface area contributed by atoms with Crippen LogP contribution in [0.2, 0.25) is 0 Å². The van der Waals surface area contributed by atoms with Gasteiger partial charge in [0.15, 0.2) is 0 Å². The van der Waals surface area contributed by atoms with Gasteiger partial charge in [-0.05, 0) is 38.8 Å². The quantitative estimate of drug-likeness (QED) is 0.838. The van der Waals surface area contributed by atoms with Crippen molar-refractivity contribution < 1.29 is 19.0 Å². The predicted octanol–water partition coefficient (Wildman–Crippen LogP) is 2.39. The van der Waals surface area contributed by atoms with Crippen molar-refractivity contribution in [1.82, 2.24) is 5.32 Å². The molecule has 0 aromatic heterocycles. The molecule has 2 rings (SSSR count). The van der Waals surface area contributed by atoms with Crippen LogP contribution in [0.15, 0.2) is 18.2 Å². The molecule has 1 heterocycles. The van der Waals surface area contributed by atoms with Gasteiger partial charge in [0.2, 0.25) is 0 Å². The third-order valence-electron chi connectivity index (χ3n) is 3.32. The molecule has 21 heavy (non-hydrogen) atoms. The second kappa shape index (κ2) is 7.88. The molecule has 1 aliphatic heterocycles. The molecule has 1 amide bonds. The van der Waals surface area contributed by atoms with Crippen molar-refractivity contribution in [3.05, 3.63) is 23.8 Å². The highest BCUT2D eigenvalue weighted by molar-refractivity contribution is 5.97. The molecule has 0 spiro atoms. The maximum Gasteiger partial charge on any atom is 0.255 e. The summed E-state index contributed by atoms with van der Waals surface area (Å²) in [6.45, 7) is 6.22. The van der Waals surface area contributed by atoms with Crippen molar-refractivity contribution in [3.8, 4) is 11.5 Å². The molecule has 1 fully saturated rings. The molecule has 0 aliphatic carbocycles. The first-order valence-electron chi connectivity index (χ1n) is 7.54. The van der Waals surface area contributed by atoms with E-state index in [1.807, 2.05) is 13.8 Å². The molecule has 1 unspecified atom stereocenters. The van der Waals surface area contributed by atoms with Crippen LogP contribution in [0.3, 0.4) is 0 Å². The lowest BCUT2D eigenvalue weighted by Gasteiger charge is -2.14. The molecule has 5 nitrogen and oxygen atoms in total. The summed E-state index contributed by atoms with van der Waals surface area (Å²) in [4.78, 5) is 12.3. The summed E-state index contributed by atoms with van der Waals surface area (Å²) in [5.74, 6) is 1.11. The van der Waals surface area contributed by atoms with Crippen LogP contribution in [0.5, 0.6) is 11.5 Å². The average molecular weight is 293 g/mol. The molecule has 116 valence electrons. The molecular formula is C16H23NO4. The Bertz CT molecular complexity index is 469. The average Bonchev–Trinajstić information content (AvgIpc) is 2.99. The summed E-state index contributed by atoms with van der Waals surface area (Å²) >= 11 is 0. The van der Waals surface area contributed by atoms with Crippen molar-refractivity contribution in [3.63, 3.8) is 0 Å². The van der Waals surface area contributed by atoms with Gasteiger partial charge in [-0.15, -0.1) is 0 Å². The van der Waals surface area contributed by atoms with Crippen LogP contribution in [0.1, 0.15) is 37.0 Å². The number of nitrogens with one attached hydrogen (secondary N) is 1. The number of rotatable bonds is 7. The van der Waals surface area contributed by atoms with Crippen LogP contribution in [0.4, 0.5) is 0 Å². The minimum absolute atomic E-state index is 0.132. The van der Waals surface area contributed by atoms with Gasteiger partial charge in [-0.3, -0.25) is 4.79 Å². The van der Waals surface area contributed by atoms with Crippen LogP contribution in [0.25, 0.3) is 0 Å². The molecule has 1 N–H and O–H groups in total. The Balaban J connectivity index is 2.03. The zero-order valence-corrected chi connectivity index (χ0v) is 12.7. The maximum atomic E-state index is 12.3. The molecule has 0 radical (unpaired) electrons. The molecule has 5 heteroatoms. The van der Waals surface area contributed by atoms with Crippen molar-refractivity contribution in [2.24, 2.45) is 0 Å². The monoisotopic (exact) mass is 293 g/mol. The van der Waals surface area contributed by atoms with Crippen LogP contribution in [-0.4, -0.2) is 38.4 Å². The van der Waals surface area contributed by atoms with Crippen LogP contribution >= 0.6 is 0 Å². The van der Waals surface area contributed by atoms with Crippen molar-refractivity contribution >= 4 is 5.91 Å². The Morgan fingerprint density at radius 3 is 2.81 bits per heavy atom. The largest absolute Gasteiger partial charge is 0.494 e. The van der Waals surface area contributed by atoms with Gasteiger partial charge < -0.3 is 19.5 Å². The maximum absolute atomic E-state index is 12.3. The standard InChI is InChI=1S/C16H23NO4/c1-3-19-12-7-8-14(15(10-12)20-4-2)16(18)17-11-13-6-5-9-21-13/h7-8,10,13H,3-6,9,11H2,1-2H3,(H,17,18). The number of carbonyl (C=O) groups is 1. The van der Waals surface area contributed by atoms with Gasteiger partial charge in [-0.25, -0.2) is 0 Å². The molecule has 1 saturated heterocycles. The molecule has 1 aliphatic rings. The SMILES string of the molecule is CCOc1ccc(C(=O)NCC2CCCO2)c(OCC)c1. The Kier molecular flexibility index (Phi) is 5.87. The predicted molar refractivity (Wildman–Crippen MR) is 80.1 cm³/mol. The van der Waals surface area contributed by atoms with E-state index in [-0.39, 0.29) is 12.0 Å². The molecule has 1 atom stereocenters.